The zero-order valence-corrected chi connectivity index (χ0v) is 11.4. The van der Waals surface area contributed by atoms with Crippen LogP contribution < -0.4 is 0 Å². The Morgan fingerprint density at radius 2 is 1.95 bits per heavy atom. The van der Waals surface area contributed by atoms with Crippen LogP contribution in [-0.4, -0.2) is 21.3 Å². The molecule has 5 nitrogen and oxygen atoms in total. The first-order chi connectivity index (χ1) is 10.2. The van der Waals surface area contributed by atoms with Crippen LogP contribution in [0.2, 0.25) is 0 Å². The fraction of sp³-hybridized carbons (Fsp3) is 0.0625. The lowest BCUT2D eigenvalue weighted by atomic mass is 10.2. The molecule has 0 unspecified atom stereocenters. The van der Waals surface area contributed by atoms with E-state index in [1.165, 1.54) is 6.21 Å². The summed E-state index contributed by atoms with van der Waals surface area (Å²) in [6.07, 6.45) is 3.11. The van der Waals surface area contributed by atoms with Gasteiger partial charge in [-0.05, 0) is 30.7 Å². The highest BCUT2D eigenvalue weighted by atomic mass is 16.5. The summed E-state index contributed by atoms with van der Waals surface area (Å²) >= 11 is 0. The lowest BCUT2D eigenvalue weighted by Crippen LogP contribution is -1.84. The summed E-state index contributed by atoms with van der Waals surface area (Å²) in [7, 11) is 0. The van der Waals surface area contributed by atoms with E-state index >= 15 is 0 Å². The molecule has 0 fully saturated rings. The molecule has 0 aliphatic rings. The van der Waals surface area contributed by atoms with Crippen molar-refractivity contribution in [2.24, 2.45) is 4.99 Å². The lowest BCUT2D eigenvalue weighted by molar-refractivity contribution is 0.337. The highest BCUT2D eigenvalue weighted by Gasteiger charge is 2.12. The van der Waals surface area contributed by atoms with Crippen LogP contribution >= 0.6 is 0 Å². The number of aromatic hydroxyl groups is 1. The van der Waals surface area contributed by atoms with Gasteiger partial charge in [-0.1, -0.05) is 24.3 Å². The maximum absolute atomic E-state index is 9.80. The average molecular weight is 279 g/mol. The van der Waals surface area contributed by atoms with Gasteiger partial charge in [0.15, 0.2) is 11.5 Å². The zero-order chi connectivity index (χ0) is 14.7. The zero-order valence-electron chi connectivity index (χ0n) is 11.4. The minimum Gasteiger partial charge on any atom is -0.479 e. The van der Waals surface area contributed by atoms with Gasteiger partial charge < -0.3 is 9.52 Å². The van der Waals surface area contributed by atoms with Crippen molar-refractivity contribution in [3.63, 3.8) is 0 Å². The molecule has 0 amide bonds. The highest BCUT2D eigenvalue weighted by Crippen LogP contribution is 2.25. The van der Waals surface area contributed by atoms with Gasteiger partial charge in [0.05, 0.1) is 6.21 Å². The number of aryl methyl sites for hydroxylation is 1. The van der Waals surface area contributed by atoms with Crippen LogP contribution in [0.3, 0.4) is 0 Å². The molecule has 0 atom stereocenters. The summed E-state index contributed by atoms with van der Waals surface area (Å²) in [4.78, 5) is 12.6. The van der Waals surface area contributed by atoms with Crippen molar-refractivity contribution in [3.05, 3.63) is 59.9 Å². The maximum atomic E-state index is 9.80. The largest absolute Gasteiger partial charge is 0.479 e. The van der Waals surface area contributed by atoms with Gasteiger partial charge in [-0.25, -0.2) is 15.0 Å². The van der Waals surface area contributed by atoms with E-state index in [1.54, 1.807) is 6.20 Å². The number of hydrogen-bond donors (Lipinski definition) is 1. The number of oxazole rings is 1. The molecule has 5 heteroatoms. The molecule has 0 spiro atoms. The quantitative estimate of drug-likeness (QED) is 0.745. The van der Waals surface area contributed by atoms with Crippen LogP contribution in [0.4, 0.5) is 5.82 Å². The Balaban J connectivity index is 1.91. The minimum atomic E-state index is -0.258. The van der Waals surface area contributed by atoms with Crippen molar-refractivity contribution in [3.8, 4) is 17.4 Å². The molecule has 0 saturated carbocycles. The first kappa shape index (κ1) is 13.1. The topological polar surface area (TPSA) is 71.5 Å². The molecule has 0 aliphatic heterocycles. The van der Waals surface area contributed by atoms with Gasteiger partial charge in [0.2, 0.25) is 5.89 Å². The van der Waals surface area contributed by atoms with Gasteiger partial charge in [-0.2, -0.15) is 0 Å². The Hall–Kier alpha value is -2.95. The van der Waals surface area contributed by atoms with Crippen LogP contribution in [0.5, 0.6) is 5.95 Å². The van der Waals surface area contributed by atoms with E-state index in [1.807, 2.05) is 49.4 Å². The molecule has 2 heterocycles. The predicted molar refractivity (Wildman–Crippen MR) is 79.8 cm³/mol. The second-order valence-electron chi connectivity index (χ2n) is 4.48. The smallest absolute Gasteiger partial charge is 0.312 e. The number of rotatable bonds is 3. The molecular formula is C16H13N3O2. The highest BCUT2D eigenvalue weighted by molar-refractivity contribution is 5.82. The average Bonchev–Trinajstić information content (AvgIpc) is 2.89. The van der Waals surface area contributed by atoms with Crippen molar-refractivity contribution in [2.75, 3.05) is 0 Å². The normalized spacial score (nSPS) is 11.1. The van der Waals surface area contributed by atoms with Gasteiger partial charge >= 0.3 is 5.95 Å². The fourth-order valence-corrected chi connectivity index (χ4v) is 1.85. The standard InChI is InChI=1S/C16H13N3O2/c1-11-6-5-9-17-14(11)18-10-13-16(20)21-15(19-13)12-7-3-2-4-8-12/h2-10,20H,1H3. The van der Waals surface area contributed by atoms with Crippen LogP contribution in [-0.2, 0) is 0 Å². The number of hydrogen-bond acceptors (Lipinski definition) is 5. The first-order valence-corrected chi connectivity index (χ1v) is 6.45. The molecule has 0 saturated heterocycles. The van der Waals surface area contributed by atoms with Gasteiger partial charge in [0.25, 0.3) is 0 Å². The van der Waals surface area contributed by atoms with Gasteiger partial charge in [0.1, 0.15) is 0 Å². The summed E-state index contributed by atoms with van der Waals surface area (Å²) in [6.45, 7) is 1.91. The first-order valence-electron chi connectivity index (χ1n) is 6.45. The van der Waals surface area contributed by atoms with E-state index in [0.29, 0.717) is 11.7 Å². The second kappa shape index (κ2) is 5.58. The Bertz CT molecular complexity index is 779. The predicted octanol–water partition coefficient (Wildman–Crippen LogP) is 3.50. The lowest BCUT2D eigenvalue weighted by Gasteiger charge is -1.95. The maximum Gasteiger partial charge on any atom is 0.312 e. The number of pyridine rings is 1. The third-order valence-electron chi connectivity index (χ3n) is 2.95. The number of aromatic nitrogens is 2. The second-order valence-corrected chi connectivity index (χ2v) is 4.48. The minimum absolute atomic E-state index is 0.258. The van der Waals surface area contributed by atoms with Crippen molar-refractivity contribution in [2.45, 2.75) is 6.92 Å². The molecule has 2 aromatic heterocycles. The van der Waals surface area contributed by atoms with Crippen LogP contribution in [0.1, 0.15) is 11.3 Å². The summed E-state index contributed by atoms with van der Waals surface area (Å²) in [6, 6.07) is 13.1. The Labute approximate surface area is 121 Å². The molecular weight excluding hydrogens is 266 g/mol. The number of aliphatic imine (C=N–C) groups is 1. The van der Waals surface area contributed by atoms with Crippen LogP contribution in [0.25, 0.3) is 11.5 Å². The van der Waals surface area contributed by atoms with Crippen molar-refractivity contribution < 1.29 is 9.52 Å². The summed E-state index contributed by atoms with van der Waals surface area (Å²) in [5.74, 6) is 0.680. The Morgan fingerprint density at radius 1 is 1.14 bits per heavy atom. The molecule has 104 valence electrons. The SMILES string of the molecule is Cc1cccnc1N=Cc1nc(-c2ccccc2)oc1O. The Kier molecular flexibility index (Phi) is 3.47. The number of benzene rings is 1. The Morgan fingerprint density at radius 3 is 2.71 bits per heavy atom. The molecule has 0 radical (unpaired) electrons. The fourth-order valence-electron chi connectivity index (χ4n) is 1.85. The summed E-state index contributed by atoms with van der Waals surface area (Å²) < 4.78 is 5.25. The molecule has 3 rings (SSSR count). The van der Waals surface area contributed by atoms with E-state index < -0.39 is 0 Å². The van der Waals surface area contributed by atoms with Gasteiger partial charge in [0, 0.05) is 11.8 Å². The van der Waals surface area contributed by atoms with Crippen LogP contribution in [0.15, 0.2) is 58.1 Å². The molecule has 3 aromatic rings. The summed E-state index contributed by atoms with van der Waals surface area (Å²) in [5.41, 5.74) is 2.01. The van der Waals surface area contributed by atoms with Gasteiger partial charge in [-0.15, -0.1) is 0 Å². The van der Waals surface area contributed by atoms with E-state index in [-0.39, 0.29) is 11.6 Å². The molecule has 0 aliphatic carbocycles. The van der Waals surface area contributed by atoms with E-state index in [4.69, 9.17) is 4.42 Å². The monoisotopic (exact) mass is 279 g/mol. The van der Waals surface area contributed by atoms with Gasteiger partial charge in [-0.3, -0.25) is 0 Å². The molecule has 1 N–H and O–H groups in total. The molecule has 0 bridgehead atoms. The van der Waals surface area contributed by atoms with Crippen molar-refractivity contribution >= 4 is 12.0 Å². The summed E-state index contributed by atoms with van der Waals surface area (Å²) in [5, 5.41) is 9.80. The number of nitrogens with zero attached hydrogens (tertiary/aromatic N) is 3. The van der Waals surface area contributed by atoms with Crippen LogP contribution in [0, 0.1) is 6.92 Å². The van der Waals surface area contributed by atoms with E-state index in [9.17, 15) is 5.11 Å². The molecule has 1 aromatic carbocycles. The van der Waals surface area contributed by atoms with Crippen molar-refractivity contribution in [1.29, 1.82) is 0 Å². The van der Waals surface area contributed by atoms with E-state index in [2.05, 4.69) is 15.0 Å². The molecule has 21 heavy (non-hydrogen) atoms. The van der Waals surface area contributed by atoms with E-state index in [0.717, 1.165) is 11.1 Å². The van der Waals surface area contributed by atoms with Crippen molar-refractivity contribution in [1.82, 2.24) is 9.97 Å². The third-order valence-corrected chi connectivity index (χ3v) is 2.95. The third kappa shape index (κ3) is 2.81.